The van der Waals surface area contributed by atoms with Gasteiger partial charge in [-0.25, -0.2) is 12.8 Å². The highest BCUT2D eigenvalue weighted by Crippen LogP contribution is 2.25. The lowest BCUT2D eigenvalue weighted by atomic mass is 10.3. The lowest BCUT2D eigenvalue weighted by Crippen LogP contribution is -2.16. The van der Waals surface area contributed by atoms with Crippen LogP contribution in [0.4, 0.5) is 10.1 Å². The summed E-state index contributed by atoms with van der Waals surface area (Å²) in [5.41, 5.74) is 0.121. The number of methoxy groups -OCH3 is 1. The van der Waals surface area contributed by atoms with E-state index in [1.54, 1.807) is 6.92 Å². The van der Waals surface area contributed by atoms with Crippen molar-refractivity contribution in [3.05, 3.63) is 24.0 Å². The minimum atomic E-state index is -3.43. The molecule has 16 heavy (non-hydrogen) atoms. The number of nitrogens with one attached hydrogen (secondary N) is 1. The number of ether oxygens (including phenoxy) is 1. The third kappa shape index (κ3) is 3.37. The fourth-order valence-corrected chi connectivity index (χ4v) is 2.38. The Bertz CT molecular complexity index is 459. The summed E-state index contributed by atoms with van der Waals surface area (Å²) in [7, 11) is -2.04. The second-order valence-electron chi connectivity index (χ2n) is 3.27. The van der Waals surface area contributed by atoms with E-state index in [1.807, 2.05) is 0 Å². The Morgan fingerprint density at radius 2 is 2.12 bits per heavy atom. The molecular formula is C10H14FNO3S. The summed E-state index contributed by atoms with van der Waals surface area (Å²) in [6.07, 6.45) is 0.493. The van der Waals surface area contributed by atoms with E-state index >= 15 is 0 Å². The molecule has 0 aliphatic carbocycles. The monoisotopic (exact) mass is 247 g/mol. The van der Waals surface area contributed by atoms with E-state index in [0.29, 0.717) is 12.2 Å². The molecule has 0 saturated carbocycles. The van der Waals surface area contributed by atoms with Gasteiger partial charge in [0.2, 0.25) is 10.0 Å². The first-order chi connectivity index (χ1) is 7.48. The van der Waals surface area contributed by atoms with Crippen molar-refractivity contribution in [1.82, 2.24) is 0 Å². The van der Waals surface area contributed by atoms with Crippen LogP contribution in [0.1, 0.15) is 13.3 Å². The molecule has 6 heteroatoms. The summed E-state index contributed by atoms with van der Waals surface area (Å²) in [6.45, 7) is 1.75. The average Bonchev–Trinajstić information content (AvgIpc) is 2.17. The molecule has 0 fully saturated rings. The predicted octanol–water partition coefficient (Wildman–Crippen LogP) is 1.99. The number of benzene rings is 1. The predicted molar refractivity (Wildman–Crippen MR) is 60.7 cm³/mol. The van der Waals surface area contributed by atoms with Gasteiger partial charge in [-0.3, -0.25) is 4.72 Å². The number of anilines is 1. The van der Waals surface area contributed by atoms with E-state index in [0.717, 1.165) is 6.07 Å². The molecule has 1 N–H and O–H groups in total. The van der Waals surface area contributed by atoms with Gasteiger partial charge < -0.3 is 4.74 Å². The third-order valence-electron chi connectivity index (χ3n) is 1.90. The van der Waals surface area contributed by atoms with Gasteiger partial charge in [-0.05, 0) is 18.6 Å². The van der Waals surface area contributed by atoms with Crippen molar-refractivity contribution >= 4 is 15.7 Å². The van der Waals surface area contributed by atoms with Crippen LogP contribution in [0.5, 0.6) is 5.75 Å². The summed E-state index contributed by atoms with van der Waals surface area (Å²) in [5.74, 6) is -0.233. The van der Waals surface area contributed by atoms with Crippen LogP contribution in [0, 0.1) is 5.82 Å². The summed E-state index contributed by atoms with van der Waals surface area (Å²) in [4.78, 5) is 0. The van der Waals surface area contributed by atoms with Crippen LogP contribution in [0.2, 0.25) is 0 Å². The molecule has 0 amide bonds. The van der Waals surface area contributed by atoms with Gasteiger partial charge in [-0.1, -0.05) is 6.92 Å². The smallest absolute Gasteiger partial charge is 0.232 e. The molecule has 0 aliphatic heterocycles. The minimum Gasteiger partial charge on any atom is -0.495 e. The maximum atomic E-state index is 13.0. The van der Waals surface area contributed by atoms with Crippen LogP contribution >= 0.6 is 0 Å². The van der Waals surface area contributed by atoms with Crippen molar-refractivity contribution in [3.8, 4) is 5.75 Å². The Hall–Kier alpha value is -1.30. The average molecular weight is 247 g/mol. The zero-order chi connectivity index (χ0) is 12.2. The van der Waals surface area contributed by atoms with Crippen molar-refractivity contribution in [1.29, 1.82) is 0 Å². The first-order valence-electron chi connectivity index (χ1n) is 4.82. The maximum absolute atomic E-state index is 13.0. The van der Waals surface area contributed by atoms with Crippen LogP contribution in [0.15, 0.2) is 18.2 Å². The normalized spacial score (nSPS) is 11.2. The van der Waals surface area contributed by atoms with Gasteiger partial charge in [0.25, 0.3) is 0 Å². The number of hydrogen-bond donors (Lipinski definition) is 1. The lowest BCUT2D eigenvalue weighted by Gasteiger charge is -2.11. The summed E-state index contributed by atoms with van der Waals surface area (Å²) < 4.78 is 43.2. The molecular weight excluding hydrogens is 233 g/mol. The highest BCUT2D eigenvalue weighted by atomic mass is 32.2. The molecule has 4 nitrogen and oxygen atoms in total. The van der Waals surface area contributed by atoms with E-state index in [4.69, 9.17) is 4.74 Å². The van der Waals surface area contributed by atoms with Crippen molar-refractivity contribution in [2.75, 3.05) is 17.6 Å². The summed E-state index contributed by atoms with van der Waals surface area (Å²) in [5, 5.41) is 0. The lowest BCUT2D eigenvalue weighted by molar-refractivity contribution is 0.416. The van der Waals surface area contributed by atoms with Crippen molar-refractivity contribution in [2.24, 2.45) is 0 Å². The Balaban J connectivity index is 3.00. The Labute approximate surface area is 94.5 Å². The fraction of sp³-hybridized carbons (Fsp3) is 0.400. The minimum absolute atomic E-state index is 0.00727. The largest absolute Gasteiger partial charge is 0.495 e. The number of sulfonamides is 1. The molecule has 0 heterocycles. The second kappa shape index (κ2) is 5.16. The van der Waals surface area contributed by atoms with Crippen molar-refractivity contribution in [2.45, 2.75) is 13.3 Å². The summed E-state index contributed by atoms with van der Waals surface area (Å²) in [6, 6.07) is 3.67. The Kier molecular flexibility index (Phi) is 4.12. The number of rotatable bonds is 5. The van der Waals surface area contributed by atoms with Gasteiger partial charge >= 0.3 is 0 Å². The highest BCUT2D eigenvalue weighted by molar-refractivity contribution is 7.92. The fourth-order valence-electron chi connectivity index (χ4n) is 1.25. The Morgan fingerprint density at radius 3 is 2.69 bits per heavy atom. The quantitative estimate of drug-likeness (QED) is 0.865. The van der Waals surface area contributed by atoms with Crippen LogP contribution in [-0.2, 0) is 10.0 Å². The van der Waals surface area contributed by atoms with Crippen LogP contribution < -0.4 is 9.46 Å². The summed E-state index contributed by atoms with van der Waals surface area (Å²) >= 11 is 0. The van der Waals surface area contributed by atoms with E-state index in [9.17, 15) is 12.8 Å². The van der Waals surface area contributed by atoms with E-state index in [1.165, 1.54) is 19.2 Å². The van der Waals surface area contributed by atoms with Gasteiger partial charge in [0, 0.05) is 6.07 Å². The number of halogens is 1. The van der Waals surface area contributed by atoms with Gasteiger partial charge in [0.05, 0.1) is 18.6 Å². The van der Waals surface area contributed by atoms with Crippen LogP contribution in [0.25, 0.3) is 0 Å². The topological polar surface area (TPSA) is 55.4 Å². The Morgan fingerprint density at radius 1 is 1.44 bits per heavy atom. The van der Waals surface area contributed by atoms with Crippen molar-refractivity contribution < 1.29 is 17.5 Å². The molecule has 1 aromatic rings. The first kappa shape index (κ1) is 12.8. The molecule has 1 rings (SSSR count). The number of hydrogen-bond acceptors (Lipinski definition) is 3. The molecule has 0 unspecified atom stereocenters. The molecule has 0 spiro atoms. The first-order valence-corrected chi connectivity index (χ1v) is 6.47. The van der Waals surface area contributed by atoms with Gasteiger partial charge in [0.1, 0.15) is 11.6 Å². The molecule has 0 atom stereocenters. The van der Waals surface area contributed by atoms with E-state index < -0.39 is 15.8 Å². The molecule has 0 radical (unpaired) electrons. The van der Waals surface area contributed by atoms with Crippen LogP contribution in [-0.4, -0.2) is 21.3 Å². The molecule has 0 aromatic heterocycles. The molecule has 1 aromatic carbocycles. The standard InChI is InChI=1S/C10H14FNO3S/c1-3-6-16(13,14)12-9-7-8(11)4-5-10(9)15-2/h4-5,7,12H,3,6H2,1-2H3. The SMILES string of the molecule is CCCS(=O)(=O)Nc1cc(F)ccc1OC. The van der Waals surface area contributed by atoms with E-state index in [2.05, 4.69) is 4.72 Å². The van der Waals surface area contributed by atoms with E-state index in [-0.39, 0.29) is 11.4 Å². The second-order valence-corrected chi connectivity index (χ2v) is 5.11. The van der Waals surface area contributed by atoms with Gasteiger partial charge in [-0.15, -0.1) is 0 Å². The maximum Gasteiger partial charge on any atom is 0.232 e. The molecule has 0 aliphatic rings. The molecule has 90 valence electrons. The third-order valence-corrected chi connectivity index (χ3v) is 3.38. The van der Waals surface area contributed by atoms with Gasteiger partial charge in [0.15, 0.2) is 0 Å². The highest BCUT2D eigenvalue weighted by Gasteiger charge is 2.12. The van der Waals surface area contributed by atoms with Crippen LogP contribution in [0.3, 0.4) is 0 Å². The zero-order valence-corrected chi connectivity index (χ0v) is 9.97. The zero-order valence-electron chi connectivity index (χ0n) is 9.16. The van der Waals surface area contributed by atoms with Crippen molar-refractivity contribution in [3.63, 3.8) is 0 Å². The van der Waals surface area contributed by atoms with Gasteiger partial charge in [-0.2, -0.15) is 0 Å². The molecule has 0 bridgehead atoms. The molecule has 0 saturated heterocycles.